The van der Waals surface area contributed by atoms with Crippen molar-refractivity contribution in [2.75, 3.05) is 26.4 Å². The van der Waals surface area contributed by atoms with Gasteiger partial charge < -0.3 is 20.3 Å². The minimum atomic E-state index is -0.817. The summed E-state index contributed by atoms with van der Waals surface area (Å²) < 4.78 is 11.5. The van der Waals surface area contributed by atoms with Gasteiger partial charge in [-0.15, -0.1) is 0 Å². The van der Waals surface area contributed by atoms with Crippen LogP contribution in [-0.2, 0) is 9.47 Å². The summed E-state index contributed by atoms with van der Waals surface area (Å²) in [6.07, 6.45) is 3.68. The van der Waals surface area contributed by atoms with Gasteiger partial charge in [-0.2, -0.15) is 0 Å². The van der Waals surface area contributed by atoms with Crippen molar-refractivity contribution >= 4 is 0 Å². The van der Waals surface area contributed by atoms with Crippen LogP contribution in [0.5, 0.6) is 0 Å². The molecule has 2 atom stereocenters. The highest BCUT2D eigenvalue weighted by Crippen LogP contribution is 2.46. The van der Waals surface area contributed by atoms with Gasteiger partial charge in [-0.05, 0) is 37.0 Å². The quantitative estimate of drug-likeness (QED) is 0.802. The fourth-order valence-corrected chi connectivity index (χ4v) is 3.61. The first kappa shape index (κ1) is 15.2. The summed E-state index contributed by atoms with van der Waals surface area (Å²) in [5.74, 6) is 0.212. The molecule has 0 saturated carbocycles. The third-order valence-corrected chi connectivity index (χ3v) is 5.18. The minimum Gasteiger partial charge on any atom is -0.388 e. The first-order chi connectivity index (χ1) is 8.83. The van der Waals surface area contributed by atoms with Crippen LogP contribution in [0.25, 0.3) is 0 Å². The van der Waals surface area contributed by atoms with Gasteiger partial charge in [0.05, 0.1) is 11.2 Å². The van der Waals surface area contributed by atoms with E-state index in [0.29, 0.717) is 6.54 Å². The second-order valence-corrected chi connectivity index (χ2v) is 7.21. The molecule has 2 aliphatic heterocycles. The minimum absolute atomic E-state index is 0.0877. The van der Waals surface area contributed by atoms with E-state index in [-0.39, 0.29) is 16.9 Å². The maximum Gasteiger partial charge on any atom is 0.0847 e. The van der Waals surface area contributed by atoms with Crippen LogP contribution in [0.4, 0.5) is 0 Å². The molecule has 2 heterocycles. The Hall–Kier alpha value is -0.160. The molecule has 2 aliphatic rings. The lowest BCUT2D eigenvalue weighted by molar-refractivity contribution is -0.192. The van der Waals surface area contributed by atoms with E-state index in [1.54, 1.807) is 0 Å². The molecule has 0 aliphatic carbocycles. The van der Waals surface area contributed by atoms with Crippen LogP contribution < -0.4 is 5.73 Å². The van der Waals surface area contributed by atoms with Crippen LogP contribution in [0.1, 0.15) is 46.5 Å². The lowest BCUT2D eigenvalue weighted by Crippen LogP contribution is -2.59. The third-order valence-electron chi connectivity index (χ3n) is 5.18. The zero-order valence-corrected chi connectivity index (χ0v) is 12.6. The summed E-state index contributed by atoms with van der Waals surface area (Å²) in [7, 11) is 0. The van der Waals surface area contributed by atoms with Gasteiger partial charge in [-0.1, -0.05) is 20.8 Å². The zero-order valence-electron chi connectivity index (χ0n) is 12.6. The average molecular weight is 271 g/mol. The van der Waals surface area contributed by atoms with E-state index in [9.17, 15) is 5.11 Å². The van der Waals surface area contributed by atoms with Crippen molar-refractivity contribution in [3.63, 3.8) is 0 Å². The largest absolute Gasteiger partial charge is 0.388 e. The van der Waals surface area contributed by atoms with Gasteiger partial charge in [0, 0.05) is 26.4 Å². The molecule has 1 spiro atoms. The van der Waals surface area contributed by atoms with Crippen LogP contribution in [-0.4, -0.2) is 42.7 Å². The fraction of sp³-hybridized carbons (Fsp3) is 1.00. The normalized spacial score (nSPS) is 31.1. The van der Waals surface area contributed by atoms with Crippen molar-refractivity contribution in [2.24, 2.45) is 17.1 Å². The maximum atomic E-state index is 11.1. The molecule has 4 nitrogen and oxygen atoms in total. The van der Waals surface area contributed by atoms with Crippen molar-refractivity contribution in [2.45, 2.75) is 57.7 Å². The summed E-state index contributed by atoms with van der Waals surface area (Å²) in [5.41, 5.74) is 4.81. The molecule has 2 fully saturated rings. The molecular formula is C15H29NO3. The number of ether oxygens (including phenoxy) is 2. The topological polar surface area (TPSA) is 64.7 Å². The van der Waals surface area contributed by atoms with E-state index in [1.165, 1.54) is 0 Å². The molecule has 2 saturated heterocycles. The van der Waals surface area contributed by atoms with E-state index in [1.807, 2.05) is 0 Å². The van der Waals surface area contributed by atoms with Crippen molar-refractivity contribution in [1.82, 2.24) is 0 Å². The summed E-state index contributed by atoms with van der Waals surface area (Å²) >= 11 is 0. The van der Waals surface area contributed by atoms with Gasteiger partial charge in [0.1, 0.15) is 0 Å². The van der Waals surface area contributed by atoms with Gasteiger partial charge in [0.15, 0.2) is 0 Å². The maximum absolute atomic E-state index is 11.1. The third kappa shape index (κ3) is 2.82. The Morgan fingerprint density at radius 3 is 2.37 bits per heavy atom. The molecule has 0 bridgehead atoms. The standard InChI is InChI=1S/C15H29NO3/c1-13(2,3)15(17,11-16)12-4-7-19-14(10-12)5-8-18-9-6-14/h12,17H,4-11,16H2,1-3H3. The van der Waals surface area contributed by atoms with Crippen LogP contribution in [0.15, 0.2) is 0 Å². The Bertz CT molecular complexity index is 301. The molecule has 112 valence electrons. The van der Waals surface area contributed by atoms with E-state index in [4.69, 9.17) is 15.2 Å². The highest BCUT2D eigenvalue weighted by atomic mass is 16.5. The molecule has 0 aromatic rings. The highest BCUT2D eigenvalue weighted by molar-refractivity contribution is 5.02. The first-order valence-corrected chi connectivity index (χ1v) is 7.47. The molecule has 0 aromatic carbocycles. The van der Waals surface area contributed by atoms with Crippen LogP contribution >= 0.6 is 0 Å². The molecule has 0 amide bonds. The Kier molecular flexibility index (Phi) is 4.26. The van der Waals surface area contributed by atoms with E-state index in [0.717, 1.165) is 45.5 Å². The van der Waals surface area contributed by atoms with E-state index < -0.39 is 5.60 Å². The lowest BCUT2D eigenvalue weighted by atomic mass is 9.63. The summed E-state index contributed by atoms with van der Waals surface area (Å²) in [4.78, 5) is 0. The number of nitrogens with two attached hydrogens (primary N) is 1. The Morgan fingerprint density at radius 2 is 1.84 bits per heavy atom. The number of hydrogen-bond donors (Lipinski definition) is 2. The predicted molar refractivity (Wildman–Crippen MR) is 74.9 cm³/mol. The summed E-state index contributed by atoms with van der Waals surface area (Å²) in [6.45, 7) is 8.80. The molecular weight excluding hydrogens is 242 g/mol. The molecule has 2 unspecified atom stereocenters. The van der Waals surface area contributed by atoms with Gasteiger partial charge in [0.25, 0.3) is 0 Å². The van der Waals surface area contributed by atoms with E-state index in [2.05, 4.69) is 20.8 Å². The number of hydrogen-bond acceptors (Lipinski definition) is 4. The molecule has 19 heavy (non-hydrogen) atoms. The highest BCUT2D eigenvalue weighted by Gasteiger charge is 2.50. The predicted octanol–water partition coefficient (Wildman–Crippen LogP) is 1.70. The Balaban J connectivity index is 2.16. The van der Waals surface area contributed by atoms with Crippen LogP contribution in [0.3, 0.4) is 0 Å². The summed E-state index contributed by atoms with van der Waals surface area (Å²) in [5, 5.41) is 11.1. The number of rotatable bonds is 2. The molecule has 3 N–H and O–H groups in total. The van der Waals surface area contributed by atoms with Gasteiger partial charge in [-0.25, -0.2) is 0 Å². The average Bonchev–Trinajstić information content (AvgIpc) is 2.37. The first-order valence-electron chi connectivity index (χ1n) is 7.47. The molecule has 0 aromatic heterocycles. The van der Waals surface area contributed by atoms with Crippen molar-refractivity contribution in [3.05, 3.63) is 0 Å². The van der Waals surface area contributed by atoms with Crippen molar-refractivity contribution in [3.8, 4) is 0 Å². The molecule has 2 rings (SSSR count). The van der Waals surface area contributed by atoms with E-state index >= 15 is 0 Å². The zero-order chi connectivity index (χ0) is 14.1. The van der Waals surface area contributed by atoms with Crippen molar-refractivity contribution in [1.29, 1.82) is 0 Å². The second kappa shape index (κ2) is 5.32. The van der Waals surface area contributed by atoms with Gasteiger partial charge >= 0.3 is 0 Å². The summed E-state index contributed by atoms with van der Waals surface area (Å²) in [6, 6.07) is 0. The molecule has 0 radical (unpaired) electrons. The van der Waals surface area contributed by atoms with Gasteiger partial charge in [0.2, 0.25) is 0 Å². The SMILES string of the molecule is CC(C)(C)C(O)(CN)C1CCOC2(CCOCC2)C1. The molecule has 4 heteroatoms. The number of aliphatic hydroxyl groups is 1. The Labute approximate surface area is 116 Å². The lowest BCUT2D eigenvalue weighted by Gasteiger charge is -2.52. The fourth-order valence-electron chi connectivity index (χ4n) is 3.61. The monoisotopic (exact) mass is 271 g/mol. The van der Waals surface area contributed by atoms with Gasteiger partial charge in [-0.3, -0.25) is 0 Å². The van der Waals surface area contributed by atoms with Crippen LogP contribution in [0.2, 0.25) is 0 Å². The van der Waals surface area contributed by atoms with Crippen molar-refractivity contribution < 1.29 is 14.6 Å². The van der Waals surface area contributed by atoms with Crippen LogP contribution in [0, 0.1) is 11.3 Å². The second-order valence-electron chi connectivity index (χ2n) is 7.21. The Morgan fingerprint density at radius 1 is 1.21 bits per heavy atom. The smallest absolute Gasteiger partial charge is 0.0847 e.